The second kappa shape index (κ2) is 15.5. The SMILES string of the molecule is COc1cccc(OC)c1CN1CCC(CNCCCCOCCCCOS(C)(=O)=O)CC1. The predicted octanol–water partition coefficient (Wildman–Crippen LogP) is 3.06. The van der Waals surface area contributed by atoms with Crippen molar-refractivity contribution in [3.05, 3.63) is 23.8 Å². The molecular formula is C24H42N2O6S. The molecule has 0 atom stereocenters. The molecular weight excluding hydrogens is 444 g/mol. The van der Waals surface area contributed by atoms with E-state index >= 15 is 0 Å². The highest BCUT2D eigenvalue weighted by Gasteiger charge is 2.21. The summed E-state index contributed by atoms with van der Waals surface area (Å²) < 4.78 is 43.1. The summed E-state index contributed by atoms with van der Waals surface area (Å²) in [5.74, 6) is 2.51. The highest BCUT2D eigenvalue weighted by molar-refractivity contribution is 7.85. The molecule has 2 rings (SSSR count). The molecule has 1 heterocycles. The Labute approximate surface area is 200 Å². The molecule has 1 aromatic rings. The van der Waals surface area contributed by atoms with Crippen LogP contribution in [0.4, 0.5) is 0 Å². The molecule has 0 spiro atoms. The van der Waals surface area contributed by atoms with Gasteiger partial charge in [0.2, 0.25) is 0 Å². The molecule has 0 aromatic heterocycles. The number of ether oxygens (including phenoxy) is 3. The van der Waals surface area contributed by atoms with Crippen LogP contribution in [0.2, 0.25) is 0 Å². The summed E-state index contributed by atoms with van der Waals surface area (Å²) in [5, 5.41) is 3.60. The van der Waals surface area contributed by atoms with Gasteiger partial charge in [0.1, 0.15) is 11.5 Å². The van der Waals surface area contributed by atoms with Crippen LogP contribution in [0, 0.1) is 5.92 Å². The zero-order valence-electron chi connectivity index (χ0n) is 20.5. The van der Waals surface area contributed by atoms with Crippen LogP contribution >= 0.6 is 0 Å². The van der Waals surface area contributed by atoms with Gasteiger partial charge in [0, 0.05) is 19.8 Å². The monoisotopic (exact) mass is 486 g/mol. The zero-order chi connectivity index (χ0) is 23.9. The van der Waals surface area contributed by atoms with Crippen LogP contribution < -0.4 is 14.8 Å². The lowest BCUT2D eigenvalue weighted by atomic mass is 9.96. The van der Waals surface area contributed by atoms with Crippen molar-refractivity contribution in [2.45, 2.75) is 45.1 Å². The summed E-state index contributed by atoms with van der Waals surface area (Å²) in [6.07, 6.45) is 7.13. The number of unbranched alkanes of at least 4 members (excludes halogenated alkanes) is 2. The Morgan fingerprint density at radius 2 is 1.58 bits per heavy atom. The maximum absolute atomic E-state index is 10.8. The number of rotatable bonds is 17. The molecule has 0 aliphatic carbocycles. The lowest BCUT2D eigenvalue weighted by molar-refractivity contribution is 0.123. The number of hydrogen-bond acceptors (Lipinski definition) is 8. The Morgan fingerprint density at radius 3 is 2.18 bits per heavy atom. The molecule has 0 amide bonds. The highest BCUT2D eigenvalue weighted by atomic mass is 32.2. The third kappa shape index (κ3) is 11.5. The summed E-state index contributed by atoms with van der Waals surface area (Å²) in [6, 6.07) is 5.96. The third-order valence-corrected chi connectivity index (χ3v) is 6.52. The van der Waals surface area contributed by atoms with E-state index in [9.17, 15) is 8.42 Å². The lowest BCUT2D eigenvalue weighted by Gasteiger charge is -2.32. The van der Waals surface area contributed by atoms with Crippen LogP contribution in [0.5, 0.6) is 11.5 Å². The van der Waals surface area contributed by atoms with E-state index in [-0.39, 0.29) is 6.61 Å². The molecule has 190 valence electrons. The molecule has 1 fully saturated rings. The van der Waals surface area contributed by atoms with E-state index < -0.39 is 10.1 Å². The number of nitrogens with one attached hydrogen (secondary N) is 1. The maximum atomic E-state index is 10.8. The van der Waals surface area contributed by atoms with Gasteiger partial charge in [-0.15, -0.1) is 0 Å². The first kappa shape index (κ1) is 27.9. The van der Waals surface area contributed by atoms with Gasteiger partial charge in [-0.25, -0.2) is 0 Å². The van der Waals surface area contributed by atoms with Gasteiger partial charge in [-0.1, -0.05) is 6.07 Å². The quantitative estimate of drug-likeness (QED) is 0.266. The first-order valence-corrected chi connectivity index (χ1v) is 13.8. The zero-order valence-corrected chi connectivity index (χ0v) is 21.3. The normalized spacial score (nSPS) is 15.6. The average Bonchev–Trinajstić information content (AvgIpc) is 2.80. The van der Waals surface area contributed by atoms with Crippen LogP contribution in [-0.2, 0) is 25.6 Å². The van der Waals surface area contributed by atoms with E-state index in [0.29, 0.717) is 13.0 Å². The first-order chi connectivity index (χ1) is 15.9. The Balaban J connectivity index is 1.47. The summed E-state index contributed by atoms with van der Waals surface area (Å²) in [4.78, 5) is 2.49. The van der Waals surface area contributed by atoms with Crippen LogP contribution in [0.15, 0.2) is 18.2 Å². The smallest absolute Gasteiger partial charge is 0.264 e. The van der Waals surface area contributed by atoms with Crippen molar-refractivity contribution >= 4 is 10.1 Å². The molecule has 1 saturated heterocycles. The van der Waals surface area contributed by atoms with Crippen molar-refractivity contribution in [1.29, 1.82) is 0 Å². The minimum absolute atomic E-state index is 0.236. The molecule has 1 aromatic carbocycles. The van der Waals surface area contributed by atoms with Gasteiger partial charge in [0.15, 0.2) is 0 Å². The lowest BCUT2D eigenvalue weighted by Crippen LogP contribution is -2.37. The Bertz CT molecular complexity index is 744. The molecule has 33 heavy (non-hydrogen) atoms. The van der Waals surface area contributed by atoms with Crippen molar-refractivity contribution in [1.82, 2.24) is 10.2 Å². The molecule has 8 nitrogen and oxygen atoms in total. The highest BCUT2D eigenvalue weighted by Crippen LogP contribution is 2.30. The third-order valence-electron chi connectivity index (χ3n) is 5.92. The number of likely N-dealkylation sites (tertiary alicyclic amines) is 1. The second-order valence-corrected chi connectivity index (χ2v) is 10.3. The van der Waals surface area contributed by atoms with Gasteiger partial charge < -0.3 is 19.5 Å². The minimum atomic E-state index is -3.32. The fourth-order valence-electron chi connectivity index (χ4n) is 4.03. The van der Waals surface area contributed by atoms with E-state index in [1.165, 1.54) is 12.8 Å². The summed E-state index contributed by atoms with van der Waals surface area (Å²) in [5.41, 5.74) is 1.13. The number of nitrogens with zero attached hydrogens (tertiary/aromatic N) is 1. The van der Waals surface area contributed by atoms with Gasteiger partial charge in [-0.2, -0.15) is 8.42 Å². The van der Waals surface area contributed by atoms with E-state index in [1.807, 2.05) is 18.2 Å². The largest absolute Gasteiger partial charge is 0.496 e. The molecule has 9 heteroatoms. The number of benzene rings is 1. The Morgan fingerprint density at radius 1 is 0.970 bits per heavy atom. The first-order valence-electron chi connectivity index (χ1n) is 12.0. The van der Waals surface area contributed by atoms with Crippen molar-refractivity contribution in [2.75, 3.05) is 66.5 Å². The summed E-state index contributed by atoms with van der Waals surface area (Å²) in [6.45, 7) is 6.78. The molecule has 0 radical (unpaired) electrons. The Kier molecular flexibility index (Phi) is 13.1. The molecule has 0 unspecified atom stereocenters. The van der Waals surface area contributed by atoms with Crippen LogP contribution in [0.25, 0.3) is 0 Å². The topological polar surface area (TPSA) is 86.3 Å². The summed E-state index contributed by atoms with van der Waals surface area (Å²) in [7, 11) is 0.0985. The van der Waals surface area contributed by atoms with Gasteiger partial charge in [0.05, 0.1) is 32.6 Å². The van der Waals surface area contributed by atoms with Crippen LogP contribution in [0.3, 0.4) is 0 Å². The standard InChI is InChI=1S/C24H42N2O6S/c1-29-23-9-8-10-24(30-2)22(23)20-26-14-11-21(12-15-26)19-25-13-4-5-16-31-17-6-7-18-32-33(3,27)28/h8-10,21,25H,4-7,11-20H2,1-3H3. The fraction of sp³-hybridized carbons (Fsp3) is 0.750. The molecule has 0 saturated carbocycles. The summed E-state index contributed by atoms with van der Waals surface area (Å²) >= 11 is 0. The van der Waals surface area contributed by atoms with E-state index in [1.54, 1.807) is 14.2 Å². The van der Waals surface area contributed by atoms with E-state index in [2.05, 4.69) is 10.2 Å². The minimum Gasteiger partial charge on any atom is -0.496 e. The predicted molar refractivity (Wildman–Crippen MR) is 130 cm³/mol. The van der Waals surface area contributed by atoms with Crippen molar-refractivity contribution < 1.29 is 26.8 Å². The molecule has 1 aliphatic heterocycles. The Hall–Kier alpha value is -1.39. The van der Waals surface area contributed by atoms with Gasteiger partial charge in [-0.3, -0.25) is 9.08 Å². The molecule has 0 bridgehead atoms. The van der Waals surface area contributed by atoms with Gasteiger partial charge >= 0.3 is 0 Å². The van der Waals surface area contributed by atoms with Crippen molar-refractivity contribution in [3.63, 3.8) is 0 Å². The van der Waals surface area contributed by atoms with Crippen LogP contribution in [0.1, 0.15) is 44.1 Å². The van der Waals surface area contributed by atoms with Gasteiger partial charge in [-0.05, 0) is 82.8 Å². The number of hydrogen-bond donors (Lipinski definition) is 1. The maximum Gasteiger partial charge on any atom is 0.264 e. The fourth-order valence-corrected chi connectivity index (χ4v) is 4.46. The molecule has 1 aliphatic rings. The van der Waals surface area contributed by atoms with Gasteiger partial charge in [0.25, 0.3) is 10.1 Å². The van der Waals surface area contributed by atoms with Crippen molar-refractivity contribution in [2.24, 2.45) is 5.92 Å². The second-order valence-electron chi connectivity index (χ2n) is 8.62. The number of piperidine rings is 1. The van der Waals surface area contributed by atoms with Crippen molar-refractivity contribution in [3.8, 4) is 11.5 Å². The average molecular weight is 487 g/mol. The molecule has 1 N–H and O–H groups in total. The number of methoxy groups -OCH3 is 2. The van der Waals surface area contributed by atoms with Crippen LogP contribution in [-0.4, -0.2) is 79.8 Å². The van der Waals surface area contributed by atoms with E-state index in [4.69, 9.17) is 18.4 Å². The van der Waals surface area contributed by atoms with E-state index in [0.717, 1.165) is 87.8 Å².